The van der Waals surface area contributed by atoms with E-state index in [1.807, 2.05) is 0 Å². The Hall–Kier alpha value is -2.17. The van der Waals surface area contributed by atoms with Gasteiger partial charge < -0.3 is 4.74 Å². The van der Waals surface area contributed by atoms with Crippen molar-refractivity contribution >= 4 is 12.0 Å². The highest BCUT2D eigenvalue weighted by Crippen LogP contribution is 2.17. The average Bonchev–Trinajstić information content (AvgIpc) is 2.27. The number of aldehydes is 1. The minimum atomic E-state index is -0.471. The number of nitro benzene ring substituents is 1. The summed E-state index contributed by atoms with van der Waals surface area (Å²) in [5.41, 5.74) is 0.806. The topological polar surface area (TPSA) is 69.4 Å². The van der Waals surface area contributed by atoms with Crippen molar-refractivity contribution in [2.24, 2.45) is 0 Å². The number of nitro groups is 1. The molecule has 0 amide bonds. The SMILES string of the molecule is CC(=CC=O)COc1ccc([N+](=O)[O-])cc1. The fourth-order valence-electron chi connectivity index (χ4n) is 1.03. The van der Waals surface area contributed by atoms with E-state index >= 15 is 0 Å². The van der Waals surface area contributed by atoms with Crippen molar-refractivity contribution in [2.75, 3.05) is 6.61 Å². The second-order valence-electron chi connectivity index (χ2n) is 3.19. The van der Waals surface area contributed by atoms with Gasteiger partial charge in [0.15, 0.2) is 0 Å². The van der Waals surface area contributed by atoms with E-state index < -0.39 is 4.92 Å². The van der Waals surface area contributed by atoms with Crippen molar-refractivity contribution in [3.63, 3.8) is 0 Å². The smallest absolute Gasteiger partial charge is 0.269 e. The van der Waals surface area contributed by atoms with E-state index in [1.54, 1.807) is 6.92 Å². The molecule has 1 rings (SSSR count). The Morgan fingerprint density at radius 3 is 2.56 bits per heavy atom. The van der Waals surface area contributed by atoms with Crippen molar-refractivity contribution in [1.82, 2.24) is 0 Å². The summed E-state index contributed by atoms with van der Waals surface area (Å²) in [4.78, 5) is 20.0. The number of allylic oxidation sites excluding steroid dienone is 1. The van der Waals surface area contributed by atoms with Gasteiger partial charge in [-0.1, -0.05) is 0 Å². The van der Waals surface area contributed by atoms with Gasteiger partial charge in [0.2, 0.25) is 0 Å². The summed E-state index contributed by atoms with van der Waals surface area (Å²) in [6, 6.07) is 5.78. The van der Waals surface area contributed by atoms with Crippen LogP contribution < -0.4 is 4.74 Å². The first-order valence-electron chi connectivity index (χ1n) is 4.61. The number of nitrogens with zero attached hydrogens (tertiary/aromatic N) is 1. The summed E-state index contributed by atoms with van der Waals surface area (Å²) in [6.07, 6.45) is 2.10. The Morgan fingerprint density at radius 2 is 2.06 bits per heavy atom. The van der Waals surface area contributed by atoms with Crippen LogP contribution >= 0.6 is 0 Å². The molecule has 1 aromatic rings. The number of benzene rings is 1. The Balaban J connectivity index is 2.59. The molecule has 0 heterocycles. The maximum atomic E-state index is 10.4. The highest BCUT2D eigenvalue weighted by Gasteiger charge is 2.04. The van der Waals surface area contributed by atoms with Gasteiger partial charge in [-0.3, -0.25) is 14.9 Å². The molecule has 0 unspecified atom stereocenters. The molecule has 0 spiro atoms. The molecule has 0 aromatic heterocycles. The minimum Gasteiger partial charge on any atom is -0.489 e. The van der Waals surface area contributed by atoms with Crippen LogP contribution in [0.2, 0.25) is 0 Å². The third kappa shape index (κ3) is 3.53. The first kappa shape index (κ1) is 11.9. The summed E-state index contributed by atoms with van der Waals surface area (Å²) < 4.78 is 5.31. The summed E-state index contributed by atoms with van der Waals surface area (Å²) in [5.74, 6) is 0.532. The summed E-state index contributed by atoms with van der Waals surface area (Å²) in [6.45, 7) is 2.05. The third-order valence-corrected chi connectivity index (χ3v) is 1.87. The highest BCUT2D eigenvalue weighted by atomic mass is 16.6. The maximum absolute atomic E-state index is 10.4. The molecule has 0 aliphatic carbocycles. The molecular formula is C11H11NO4. The van der Waals surface area contributed by atoms with Gasteiger partial charge in [0, 0.05) is 12.1 Å². The molecule has 16 heavy (non-hydrogen) atoms. The lowest BCUT2D eigenvalue weighted by molar-refractivity contribution is -0.384. The Labute approximate surface area is 92.5 Å². The lowest BCUT2D eigenvalue weighted by Crippen LogP contribution is -1.99. The van der Waals surface area contributed by atoms with Crippen LogP contribution in [0.4, 0.5) is 5.69 Å². The van der Waals surface area contributed by atoms with E-state index in [0.717, 1.165) is 5.57 Å². The molecule has 5 heteroatoms. The first-order chi connectivity index (χ1) is 7.63. The van der Waals surface area contributed by atoms with Gasteiger partial charge >= 0.3 is 0 Å². The lowest BCUT2D eigenvalue weighted by atomic mass is 10.3. The first-order valence-corrected chi connectivity index (χ1v) is 4.61. The Morgan fingerprint density at radius 1 is 1.44 bits per heavy atom. The third-order valence-electron chi connectivity index (χ3n) is 1.87. The van der Waals surface area contributed by atoms with Crippen LogP contribution in [0.15, 0.2) is 35.9 Å². The van der Waals surface area contributed by atoms with E-state index in [1.165, 1.54) is 30.3 Å². The summed E-state index contributed by atoms with van der Waals surface area (Å²) >= 11 is 0. The largest absolute Gasteiger partial charge is 0.489 e. The van der Waals surface area contributed by atoms with E-state index in [2.05, 4.69) is 0 Å². The molecule has 0 N–H and O–H groups in total. The lowest BCUT2D eigenvalue weighted by Gasteiger charge is -2.04. The molecule has 1 aromatic carbocycles. The fraction of sp³-hybridized carbons (Fsp3) is 0.182. The molecule has 84 valence electrons. The van der Waals surface area contributed by atoms with Gasteiger partial charge in [-0.05, 0) is 30.7 Å². The number of carbonyl (C=O) groups excluding carboxylic acids is 1. The molecule has 0 radical (unpaired) electrons. The summed E-state index contributed by atoms with van der Waals surface area (Å²) in [7, 11) is 0. The quantitative estimate of drug-likeness (QED) is 0.330. The van der Waals surface area contributed by atoms with E-state index in [0.29, 0.717) is 12.0 Å². The molecule has 0 atom stereocenters. The number of ether oxygens (including phenoxy) is 1. The molecular weight excluding hydrogens is 210 g/mol. The van der Waals surface area contributed by atoms with E-state index in [4.69, 9.17) is 4.74 Å². The van der Waals surface area contributed by atoms with Crippen molar-refractivity contribution in [3.8, 4) is 5.75 Å². The van der Waals surface area contributed by atoms with Crippen LogP contribution in [-0.4, -0.2) is 17.8 Å². The van der Waals surface area contributed by atoms with Gasteiger partial charge in [-0.2, -0.15) is 0 Å². The Bertz CT molecular complexity index is 408. The predicted molar refractivity (Wildman–Crippen MR) is 58.4 cm³/mol. The minimum absolute atomic E-state index is 0.0208. The second kappa shape index (κ2) is 5.65. The van der Waals surface area contributed by atoms with Crippen molar-refractivity contribution in [3.05, 3.63) is 46.0 Å². The number of hydrogen-bond donors (Lipinski definition) is 0. The monoisotopic (exact) mass is 221 g/mol. The number of rotatable bonds is 5. The fourth-order valence-corrected chi connectivity index (χ4v) is 1.03. The molecule has 5 nitrogen and oxygen atoms in total. The van der Waals surface area contributed by atoms with Gasteiger partial charge in [0.05, 0.1) is 4.92 Å². The molecule has 0 fully saturated rings. The number of carbonyl (C=O) groups is 1. The molecule has 0 bridgehead atoms. The van der Waals surface area contributed by atoms with Gasteiger partial charge in [-0.15, -0.1) is 0 Å². The molecule has 0 aliphatic rings. The highest BCUT2D eigenvalue weighted by molar-refractivity contribution is 5.65. The summed E-state index contributed by atoms with van der Waals surface area (Å²) in [5, 5.41) is 10.4. The normalized spacial score (nSPS) is 10.9. The Kier molecular flexibility index (Phi) is 4.20. The van der Waals surface area contributed by atoms with Gasteiger partial charge in [-0.25, -0.2) is 0 Å². The van der Waals surface area contributed by atoms with Crippen LogP contribution in [-0.2, 0) is 4.79 Å². The van der Waals surface area contributed by atoms with Gasteiger partial charge in [0.1, 0.15) is 18.6 Å². The zero-order valence-corrected chi connectivity index (χ0v) is 8.75. The molecule has 0 saturated heterocycles. The zero-order chi connectivity index (χ0) is 12.0. The molecule has 0 aliphatic heterocycles. The van der Waals surface area contributed by atoms with Crippen LogP contribution in [0, 0.1) is 10.1 Å². The standard InChI is InChI=1S/C11H11NO4/c1-9(6-7-13)8-16-11-4-2-10(3-5-11)12(14)15/h2-7H,8H2,1H3. The van der Waals surface area contributed by atoms with Crippen molar-refractivity contribution in [2.45, 2.75) is 6.92 Å². The van der Waals surface area contributed by atoms with Crippen molar-refractivity contribution in [1.29, 1.82) is 0 Å². The van der Waals surface area contributed by atoms with Gasteiger partial charge in [0.25, 0.3) is 5.69 Å². The second-order valence-corrected chi connectivity index (χ2v) is 3.19. The average molecular weight is 221 g/mol. The van der Waals surface area contributed by atoms with Crippen LogP contribution in [0.5, 0.6) is 5.75 Å². The molecule has 0 saturated carbocycles. The van der Waals surface area contributed by atoms with Crippen LogP contribution in [0.25, 0.3) is 0 Å². The van der Waals surface area contributed by atoms with Crippen LogP contribution in [0.1, 0.15) is 6.92 Å². The van der Waals surface area contributed by atoms with E-state index in [-0.39, 0.29) is 12.3 Å². The predicted octanol–water partition coefficient (Wildman–Crippen LogP) is 2.12. The zero-order valence-electron chi connectivity index (χ0n) is 8.75. The number of non-ortho nitro benzene ring substituents is 1. The number of hydrogen-bond acceptors (Lipinski definition) is 4. The maximum Gasteiger partial charge on any atom is 0.269 e. The van der Waals surface area contributed by atoms with E-state index in [9.17, 15) is 14.9 Å². The van der Waals surface area contributed by atoms with Crippen LogP contribution in [0.3, 0.4) is 0 Å². The van der Waals surface area contributed by atoms with Crippen molar-refractivity contribution < 1.29 is 14.5 Å².